The molecule has 0 radical (unpaired) electrons. The van der Waals surface area contributed by atoms with E-state index >= 15 is 0 Å². The topological polar surface area (TPSA) is 52.6 Å². The van der Waals surface area contributed by atoms with Crippen LogP contribution < -0.4 is 0 Å². The van der Waals surface area contributed by atoms with Crippen LogP contribution in [0.15, 0.2) is 25.3 Å². The average molecular weight is 212 g/mol. The van der Waals surface area contributed by atoms with Crippen LogP contribution in [0.2, 0.25) is 0 Å². The normalized spacial score (nSPS) is 9.60. The molecule has 0 aliphatic rings. The van der Waals surface area contributed by atoms with Crippen molar-refractivity contribution in [1.82, 2.24) is 0 Å². The third-order valence-corrected chi connectivity index (χ3v) is 1.52. The van der Waals surface area contributed by atoms with E-state index in [9.17, 15) is 9.59 Å². The van der Waals surface area contributed by atoms with Crippen LogP contribution in [-0.4, -0.2) is 38.0 Å². The van der Waals surface area contributed by atoms with Gasteiger partial charge in [0.2, 0.25) is 0 Å². The Labute approximate surface area is 89.6 Å². The molecule has 4 nitrogen and oxygen atoms in total. The molecular formula is C11H16O4. The van der Waals surface area contributed by atoms with Crippen molar-refractivity contribution in [1.29, 1.82) is 0 Å². The molecule has 0 fully saturated rings. The van der Waals surface area contributed by atoms with Crippen molar-refractivity contribution in [2.75, 3.05) is 26.4 Å². The fraction of sp³-hybridized carbons (Fsp3) is 0.455. The van der Waals surface area contributed by atoms with Crippen LogP contribution in [-0.2, 0) is 19.1 Å². The molecule has 0 bridgehead atoms. The molecule has 0 aliphatic carbocycles. The molecule has 84 valence electrons. The summed E-state index contributed by atoms with van der Waals surface area (Å²) in [6.45, 7) is 7.60. The average Bonchev–Trinajstić information content (AvgIpc) is 2.26. The van der Waals surface area contributed by atoms with Crippen molar-refractivity contribution in [3.63, 3.8) is 0 Å². The highest BCUT2D eigenvalue weighted by atomic mass is 16.5. The molecule has 15 heavy (non-hydrogen) atoms. The van der Waals surface area contributed by atoms with E-state index in [1.165, 1.54) is 12.2 Å². The zero-order chi connectivity index (χ0) is 11.5. The number of hydrogen-bond acceptors (Lipinski definition) is 4. The van der Waals surface area contributed by atoms with Crippen LogP contribution in [0.3, 0.4) is 0 Å². The number of carbonyl (C=O) groups is 2. The maximum absolute atomic E-state index is 10.7. The van der Waals surface area contributed by atoms with Crippen LogP contribution in [0.1, 0.15) is 6.42 Å². The van der Waals surface area contributed by atoms with E-state index in [1.807, 2.05) is 0 Å². The van der Waals surface area contributed by atoms with Gasteiger partial charge >= 0.3 is 0 Å². The lowest BCUT2D eigenvalue weighted by atomic mass is 10.4. The molecule has 0 saturated carbocycles. The number of carbonyl (C=O) groups excluding carboxylic acids is 2. The number of ketones is 2. The van der Waals surface area contributed by atoms with Gasteiger partial charge in [-0.05, 0) is 18.6 Å². The van der Waals surface area contributed by atoms with E-state index in [2.05, 4.69) is 13.2 Å². The van der Waals surface area contributed by atoms with Gasteiger partial charge in [0.25, 0.3) is 0 Å². The summed E-state index contributed by atoms with van der Waals surface area (Å²) >= 11 is 0. The fourth-order valence-corrected chi connectivity index (χ4v) is 0.726. The molecule has 0 saturated heterocycles. The second-order valence-electron chi connectivity index (χ2n) is 2.80. The van der Waals surface area contributed by atoms with E-state index in [0.717, 1.165) is 0 Å². The first-order valence-electron chi connectivity index (χ1n) is 4.66. The molecular weight excluding hydrogens is 196 g/mol. The van der Waals surface area contributed by atoms with Crippen molar-refractivity contribution in [3.8, 4) is 0 Å². The Hall–Kier alpha value is -1.26. The lowest BCUT2D eigenvalue weighted by molar-refractivity contribution is -0.119. The number of rotatable bonds is 10. The number of ether oxygens (including phenoxy) is 2. The van der Waals surface area contributed by atoms with Gasteiger partial charge in [-0.2, -0.15) is 0 Å². The first-order valence-corrected chi connectivity index (χ1v) is 4.66. The van der Waals surface area contributed by atoms with Gasteiger partial charge in [-0.3, -0.25) is 9.59 Å². The first-order chi connectivity index (χ1) is 7.20. The summed E-state index contributed by atoms with van der Waals surface area (Å²) in [5.41, 5.74) is 0. The van der Waals surface area contributed by atoms with Crippen LogP contribution >= 0.6 is 0 Å². The van der Waals surface area contributed by atoms with Gasteiger partial charge in [0.05, 0.1) is 0 Å². The summed E-state index contributed by atoms with van der Waals surface area (Å²) in [7, 11) is 0. The maximum atomic E-state index is 10.7. The minimum atomic E-state index is -0.141. The molecule has 4 heteroatoms. The Balaban J connectivity index is 3.18. The maximum Gasteiger partial charge on any atom is 0.180 e. The minimum absolute atomic E-state index is 0.0507. The second-order valence-corrected chi connectivity index (χ2v) is 2.80. The number of hydrogen-bond donors (Lipinski definition) is 0. The highest BCUT2D eigenvalue weighted by molar-refractivity contribution is 5.90. The second kappa shape index (κ2) is 9.30. The lowest BCUT2D eigenvalue weighted by Gasteiger charge is -2.02. The molecule has 0 N–H and O–H groups in total. The van der Waals surface area contributed by atoms with Crippen LogP contribution in [0.5, 0.6) is 0 Å². The summed E-state index contributed by atoms with van der Waals surface area (Å²) in [4.78, 5) is 21.4. The monoisotopic (exact) mass is 212 g/mol. The lowest BCUT2D eigenvalue weighted by Crippen LogP contribution is -2.10. The van der Waals surface area contributed by atoms with Crippen molar-refractivity contribution >= 4 is 11.6 Å². The third-order valence-electron chi connectivity index (χ3n) is 1.52. The van der Waals surface area contributed by atoms with Gasteiger partial charge in [0, 0.05) is 13.2 Å². The fourth-order valence-electron chi connectivity index (χ4n) is 0.726. The summed E-state index contributed by atoms with van der Waals surface area (Å²) in [6.07, 6.45) is 3.09. The van der Waals surface area contributed by atoms with Gasteiger partial charge < -0.3 is 9.47 Å². The van der Waals surface area contributed by atoms with Crippen molar-refractivity contribution in [2.45, 2.75) is 6.42 Å². The molecule has 0 amide bonds. The Bertz CT molecular complexity index is 209. The SMILES string of the molecule is C=CC(=O)COCCCOCC(=O)C=C. The zero-order valence-electron chi connectivity index (χ0n) is 8.74. The van der Waals surface area contributed by atoms with Crippen molar-refractivity contribution in [3.05, 3.63) is 25.3 Å². The Kier molecular flexibility index (Phi) is 8.52. The predicted octanol–water partition coefficient (Wildman–Crippen LogP) is 0.920. The van der Waals surface area contributed by atoms with E-state index in [1.54, 1.807) is 0 Å². The smallest absolute Gasteiger partial charge is 0.180 e. The van der Waals surface area contributed by atoms with Gasteiger partial charge in [0.1, 0.15) is 13.2 Å². The van der Waals surface area contributed by atoms with Crippen molar-refractivity contribution in [2.24, 2.45) is 0 Å². The Morgan fingerprint density at radius 3 is 1.67 bits per heavy atom. The molecule has 0 unspecified atom stereocenters. The summed E-state index contributed by atoms with van der Waals surface area (Å²) in [5, 5.41) is 0. The molecule has 0 aliphatic heterocycles. The van der Waals surface area contributed by atoms with Gasteiger partial charge in [-0.1, -0.05) is 13.2 Å². The third kappa shape index (κ3) is 9.05. The first kappa shape index (κ1) is 13.7. The van der Waals surface area contributed by atoms with Crippen LogP contribution in [0.4, 0.5) is 0 Å². The van der Waals surface area contributed by atoms with Crippen LogP contribution in [0, 0.1) is 0 Å². The largest absolute Gasteiger partial charge is 0.373 e. The molecule has 0 aromatic carbocycles. The molecule has 0 spiro atoms. The Morgan fingerprint density at radius 2 is 1.33 bits per heavy atom. The van der Waals surface area contributed by atoms with E-state index < -0.39 is 0 Å². The van der Waals surface area contributed by atoms with E-state index in [-0.39, 0.29) is 24.8 Å². The summed E-state index contributed by atoms with van der Waals surface area (Å²) in [6, 6.07) is 0. The molecule has 0 aromatic heterocycles. The summed E-state index contributed by atoms with van der Waals surface area (Å²) in [5.74, 6) is -0.282. The van der Waals surface area contributed by atoms with E-state index in [0.29, 0.717) is 19.6 Å². The quantitative estimate of drug-likeness (QED) is 0.399. The predicted molar refractivity (Wildman–Crippen MR) is 56.7 cm³/mol. The molecule has 0 aromatic rings. The zero-order valence-corrected chi connectivity index (χ0v) is 8.74. The van der Waals surface area contributed by atoms with Gasteiger partial charge in [-0.15, -0.1) is 0 Å². The molecule has 0 rings (SSSR count). The minimum Gasteiger partial charge on any atom is -0.373 e. The molecule has 0 atom stereocenters. The molecule has 0 heterocycles. The Morgan fingerprint density at radius 1 is 0.933 bits per heavy atom. The van der Waals surface area contributed by atoms with Crippen LogP contribution in [0.25, 0.3) is 0 Å². The van der Waals surface area contributed by atoms with Gasteiger partial charge in [0.15, 0.2) is 11.6 Å². The highest BCUT2D eigenvalue weighted by Crippen LogP contribution is 1.87. The van der Waals surface area contributed by atoms with Crippen molar-refractivity contribution < 1.29 is 19.1 Å². The standard InChI is InChI=1S/C11H16O4/c1-3-10(12)8-14-6-5-7-15-9-11(13)4-2/h3-4H,1-2,5-9H2. The van der Waals surface area contributed by atoms with Gasteiger partial charge in [-0.25, -0.2) is 0 Å². The highest BCUT2D eigenvalue weighted by Gasteiger charge is 1.97. The summed E-state index contributed by atoms with van der Waals surface area (Å²) < 4.78 is 10.0. The van der Waals surface area contributed by atoms with E-state index in [4.69, 9.17) is 9.47 Å².